The first-order valence-electron chi connectivity index (χ1n) is 5.60. The van der Waals surface area contributed by atoms with Crippen molar-refractivity contribution in [3.05, 3.63) is 63.3 Å². The predicted molar refractivity (Wildman–Crippen MR) is 71.4 cm³/mol. The second kappa shape index (κ2) is 5.67. The third-order valence-electron chi connectivity index (χ3n) is 2.57. The number of nitrogens with zero attached hydrogens (tertiary/aromatic N) is 2. The number of aromatic nitrogens is 1. The zero-order valence-electron chi connectivity index (χ0n) is 10.1. The Morgan fingerprint density at radius 1 is 1.32 bits per heavy atom. The molecular formula is C13H11ClN2O3. The molecule has 1 atom stereocenters. The van der Waals surface area contributed by atoms with E-state index in [1.807, 2.05) is 18.2 Å². The van der Waals surface area contributed by atoms with Crippen LogP contribution < -0.4 is 4.74 Å². The standard InChI is InChI=1S/C13H11ClN2O3/c1-9(10-5-2-3-6-11(10)14)19-12-7-4-8-15-13(12)16(17)18/h2-9H,1H3/t9-/m0/s1. The predicted octanol–water partition coefficient (Wildman–Crippen LogP) is 3.78. The maximum atomic E-state index is 10.8. The number of benzene rings is 1. The number of halogens is 1. The molecule has 6 heteroatoms. The molecule has 98 valence electrons. The van der Waals surface area contributed by atoms with Crippen LogP contribution in [0.25, 0.3) is 0 Å². The van der Waals surface area contributed by atoms with Crippen molar-refractivity contribution in [2.24, 2.45) is 0 Å². The van der Waals surface area contributed by atoms with Gasteiger partial charge in [-0.05, 0) is 35.0 Å². The Bertz CT molecular complexity index is 604. The number of nitro groups is 1. The Balaban J connectivity index is 2.27. The van der Waals surface area contributed by atoms with Crippen LogP contribution in [0, 0.1) is 10.1 Å². The van der Waals surface area contributed by atoms with Crippen LogP contribution in [0.4, 0.5) is 5.82 Å². The first-order chi connectivity index (χ1) is 9.09. The molecule has 2 aromatic rings. The van der Waals surface area contributed by atoms with E-state index in [1.54, 1.807) is 19.1 Å². The number of pyridine rings is 1. The van der Waals surface area contributed by atoms with E-state index in [4.69, 9.17) is 16.3 Å². The zero-order valence-corrected chi connectivity index (χ0v) is 10.9. The number of hydrogen-bond acceptors (Lipinski definition) is 4. The fraction of sp³-hybridized carbons (Fsp3) is 0.154. The lowest BCUT2D eigenvalue weighted by Crippen LogP contribution is -2.06. The molecule has 5 nitrogen and oxygen atoms in total. The maximum absolute atomic E-state index is 10.8. The van der Waals surface area contributed by atoms with Crippen LogP contribution in [0.3, 0.4) is 0 Å². The Labute approximate surface area is 115 Å². The van der Waals surface area contributed by atoms with Crippen LogP contribution in [0.1, 0.15) is 18.6 Å². The average Bonchev–Trinajstić information content (AvgIpc) is 2.39. The minimum atomic E-state index is -0.575. The molecule has 0 spiro atoms. The molecule has 0 saturated carbocycles. The van der Waals surface area contributed by atoms with Gasteiger partial charge in [-0.1, -0.05) is 29.8 Å². The highest BCUT2D eigenvalue weighted by Crippen LogP contribution is 2.31. The van der Waals surface area contributed by atoms with E-state index in [2.05, 4.69) is 4.98 Å². The van der Waals surface area contributed by atoms with Gasteiger partial charge in [-0.2, -0.15) is 0 Å². The van der Waals surface area contributed by atoms with Crippen molar-refractivity contribution in [3.8, 4) is 5.75 Å². The smallest absolute Gasteiger partial charge is 0.406 e. The van der Waals surface area contributed by atoms with Gasteiger partial charge >= 0.3 is 5.82 Å². The van der Waals surface area contributed by atoms with Crippen LogP contribution in [0.5, 0.6) is 5.75 Å². The molecule has 0 bridgehead atoms. The molecule has 1 aromatic heterocycles. The Morgan fingerprint density at radius 2 is 2.05 bits per heavy atom. The summed E-state index contributed by atoms with van der Waals surface area (Å²) in [6, 6.07) is 10.3. The molecule has 19 heavy (non-hydrogen) atoms. The highest BCUT2D eigenvalue weighted by molar-refractivity contribution is 6.31. The molecular weight excluding hydrogens is 268 g/mol. The second-order valence-electron chi connectivity index (χ2n) is 3.86. The molecule has 1 aromatic carbocycles. The van der Waals surface area contributed by atoms with Crippen molar-refractivity contribution < 1.29 is 9.66 Å². The van der Waals surface area contributed by atoms with Gasteiger partial charge in [-0.3, -0.25) is 0 Å². The second-order valence-corrected chi connectivity index (χ2v) is 4.27. The molecule has 0 saturated heterocycles. The quantitative estimate of drug-likeness (QED) is 0.630. The fourth-order valence-electron chi connectivity index (χ4n) is 1.67. The zero-order chi connectivity index (χ0) is 13.8. The molecule has 0 aliphatic heterocycles. The van der Waals surface area contributed by atoms with Gasteiger partial charge in [0.1, 0.15) is 12.3 Å². The van der Waals surface area contributed by atoms with Gasteiger partial charge in [0.05, 0.1) is 0 Å². The van der Waals surface area contributed by atoms with Crippen molar-refractivity contribution in [1.82, 2.24) is 4.98 Å². The molecule has 0 aliphatic rings. The third-order valence-corrected chi connectivity index (χ3v) is 2.91. The Kier molecular flexibility index (Phi) is 3.97. The van der Waals surface area contributed by atoms with Crippen molar-refractivity contribution in [2.75, 3.05) is 0 Å². The number of hydrogen-bond donors (Lipinski definition) is 0. The van der Waals surface area contributed by atoms with E-state index in [0.717, 1.165) is 5.56 Å². The van der Waals surface area contributed by atoms with Crippen LogP contribution in [-0.4, -0.2) is 9.91 Å². The molecule has 0 amide bonds. The van der Waals surface area contributed by atoms with Crippen molar-refractivity contribution in [3.63, 3.8) is 0 Å². The van der Waals surface area contributed by atoms with Crippen LogP contribution in [-0.2, 0) is 0 Å². The summed E-state index contributed by atoms with van der Waals surface area (Å²) >= 11 is 6.06. The van der Waals surface area contributed by atoms with E-state index in [9.17, 15) is 10.1 Å². The lowest BCUT2D eigenvalue weighted by molar-refractivity contribution is -0.390. The normalized spacial score (nSPS) is 11.9. The molecule has 1 heterocycles. The fourth-order valence-corrected chi connectivity index (χ4v) is 1.96. The molecule has 0 fully saturated rings. The summed E-state index contributed by atoms with van der Waals surface area (Å²) in [4.78, 5) is 14.0. The van der Waals surface area contributed by atoms with Crippen LogP contribution in [0.15, 0.2) is 42.6 Å². The molecule has 0 unspecified atom stereocenters. The highest BCUT2D eigenvalue weighted by Gasteiger charge is 2.19. The van der Waals surface area contributed by atoms with Gasteiger partial charge in [0.15, 0.2) is 0 Å². The first kappa shape index (κ1) is 13.3. The summed E-state index contributed by atoms with van der Waals surface area (Å²) in [5.41, 5.74) is 0.766. The lowest BCUT2D eigenvalue weighted by atomic mass is 10.1. The SMILES string of the molecule is C[C@H](Oc1cccnc1[N+](=O)[O-])c1ccccc1Cl. The largest absolute Gasteiger partial charge is 0.478 e. The van der Waals surface area contributed by atoms with E-state index in [-0.39, 0.29) is 11.6 Å². The highest BCUT2D eigenvalue weighted by atomic mass is 35.5. The van der Waals surface area contributed by atoms with Crippen molar-refractivity contribution >= 4 is 17.4 Å². The molecule has 0 N–H and O–H groups in total. The summed E-state index contributed by atoms with van der Waals surface area (Å²) in [6.45, 7) is 1.78. The Morgan fingerprint density at radius 3 is 2.74 bits per heavy atom. The molecule has 0 radical (unpaired) electrons. The number of rotatable bonds is 4. The summed E-state index contributed by atoms with van der Waals surface area (Å²) < 4.78 is 5.59. The van der Waals surface area contributed by atoms with E-state index in [0.29, 0.717) is 5.02 Å². The van der Waals surface area contributed by atoms with Crippen molar-refractivity contribution in [1.29, 1.82) is 0 Å². The average molecular weight is 279 g/mol. The van der Waals surface area contributed by atoms with Crippen LogP contribution >= 0.6 is 11.6 Å². The molecule has 2 rings (SSSR count). The molecule has 0 aliphatic carbocycles. The monoisotopic (exact) mass is 278 g/mol. The third kappa shape index (κ3) is 3.00. The van der Waals surface area contributed by atoms with Gasteiger partial charge in [0.25, 0.3) is 0 Å². The van der Waals surface area contributed by atoms with E-state index >= 15 is 0 Å². The van der Waals surface area contributed by atoms with Crippen LogP contribution in [0.2, 0.25) is 5.02 Å². The Hall–Kier alpha value is -2.14. The van der Waals surface area contributed by atoms with E-state index in [1.165, 1.54) is 12.3 Å². The number of ether oxygens (including phenoxy) is 1. The summed E-state index contributed by atoms with van der Waals surface area (Å²) in [7, 11) is 0. The minimum absolute atomic E-state index is 0.125. The van der Waals surface area contributed by atoms with Crippen molar-refractivity contribution in [2.45, 2.75) is 13.0 Å². The summed E-state index contributed by atoms with van der Waals surface area (Å²) in [6.07, 6.45) is 0.946. The van der Waals surface area contributed by atoms with Gasteiger partial charge in [-0.15, -0.1) is 0 Å². The van der Waals surface area contributed by atoms with Gasteiger partial charge in [-0.25, -0.2) is 0 Å². The minimum Gasteiger partial charge on any atom is -0.478 e. The summed E-state index contributed by atoms with van der Waals surface area (Å²) in [5.74, 6) is -0.179. The van der Waals surface area contributed by atoms with Gasteiger partial charge in [0.2, 0.25) is 5.75 Å². The topological polar surface area (TPSA) is 65.3 Å². The lowest BCUT2D eigenvalue weighted by Gasteiger charge is -2.15. The van der Waals surface area contributed by atoms with Gasteiger partial charge < -0.3 is 14.9 Å². The summed E-state index contributed by atoms with van der Waals surface area (Å²) in [5, 5.41) is 11.4. The van der Waals surface area contributed by atoms with Gasteiger partial charge in [0, 0.05) is 10.6 Å². The maximum Gasteiger partial charge on any atom is 0.406 e. The van der Waals surface area contributed by atoms with E-state index < -0.39 is 11.0 Å². The first-order valence-corrected chi connectivity index (χ1v) is 5.98.